The Hall–Kier alpha value is -4.19. The number of para-hydroxylation sites is 2. The van der Waals surface area contributed by atoms with Crippen molar-refractivity contribution in [3.05, 3.63) is 107 Å². The van der Waals surface area contributed by atoms with Crippen molar-refractivity contribution in [1.29, 1.82) is 0 Å². The summed E-state index contributed by atoms with van der Waals surface area (Å²) in [6.45, 7) is 3.91. The monoisotopic (exact) mass is 410 g/mol. The van der Waals surface area contributed by atoms with E-state index in [1.54, 1.807) is 36.4 Å². The molecule has 0 saturated carbocycles. The molecular weight excluding hydrogens is 388 g/mol. The predicted octanol–water partition coefficient (Wildman–Crippen LogP) is 4.99. The molecular formula is C25H22N4O2. The highest BCUT2D eigenvalue weighted by Crippen LogP contribution is 2.22. The molecule has 1 aromatic heterocycles. The molecule has 1 heterocycles. The zero-order valence-corrected chi connectivity index (χ0v) is 17.3. The number of carbonyl (C=O) groups is 2. The summed E-state index contributed by atoms with van der Waals surface area (Å²) in [4.78, 5) is 25.1. The second-order valence-corrected chi connectivity index (χ2v) is 7.21. The Bertz CT molecular complexity index is 1230. The molecule has 3 aromatic carbocycles. The number of nitrogens with zero attached hydrogens (tertiary/aromatic N) is 2. The highest BCUT2D eigenvalue weighted by Gasteiger charge is 2.13. The molecule has 2 amide bonds. The number of hydrogen-bond acceptors (Lipinski definition) is 3. The minimum Gasteiger partial charge on any atom is -0.322 e. The molecule has 0 atom stereocenters. The first-order valence-corrected chi connectivity index (χ1v) is 9.92. The summed E-state index contributed by atoms with van der Waals surface area (Å²) in [6, 6.07) is 25.3. The van der Waals surface area contributed by atoms with Crippen LogP contribution in [0.3, 0.4) is 0 Å². The normalized spacial score (nSPS) is 10.5. The Kier molecular flexibility index (Phi) is 5.62. The van der Waals surface area contributed by atoms with Gasteiger partial charge in [-0.05, 0) is 68.4 Å². The van der Waals surface area contributed by atoms with Crippen molar-refractivity contribution >= 4 is 23.2 Å². The van der Waals surface area contributed by atoms with Gasteiger partial charge in [-0.2, -0.15) is 5.10 Å². The van der Waals surface area contributed by atoms with E-state index in [-0.39, 0.29) is 11.8 Å². The number of nitrogens with one attached hydrogen (secondary N) is 2. The quantitative estimate of drug-likeness (QED) is 0.486. The van der Waals surface area contributed by atoms with Crippen molar-refractivity contribution in [1.82, 2.24) is 9.78 Å². The standard InChI is InChI=1S/C25H22N4O2/c1-17-16-18(2)29(28-17)23-11-7-6-10-22(23)27-25(31)20-12-14-21(15-13-20)26-24(30)19-8-4-3-5-9-19/h3-16H,1-2H3,(H,26,30)(H,27,31). The summed E-state index contributed by atoms with van der Waals surface area (Å²) in [5, 5.41) is 10.3. The van der Waals surface area contributed by atoms with Gasteiger partial charge in [0.15, 0.2) is 0 Å². The van der Waals surface area contributed by atoms with E-state index in [0.717, 1.165) is 17.1 Å². The lowest BCUT2D eigenvalue weighted by Crippen LogP contribution is -2.15. The molecule has 31 heavy (non-hydrogen) atoms. The minimum absolute atomic E-state index is 0.198. The maximum Gasteiger partial charge on any atom is 0.255 e. The zero-order chi connectivity index (χ0) is 21.8. The Labute approximate surface area is 180 Å². The van der Waals surface area contributed by atoms with Crippen LogP contribution < -0.4 is 10.6 Å². The SMILES string of the molecule is Cc1cc(C)n(-c2ccccc2NC(=O)c2ccc(NC(=O)c3ccccc3)cc2)n1. The number of hydrogen-bond donors (Lipinski definition) is 2. The number of benzene rings is 3. The van der Waals surface area contributed by atoms with E-state index < -0.39 is 0 Å². The lowest BCUT2D eigenvalue weighted by atomic mass is 10.1. The van der Waals surface area contributed by atoms with Crippen LogP contribution in [0.4, 0.5) is 11.4 Å². The highest BCUT2D eigenvalue weighted by atomic mass is 16.2. The molecule has 6 heteroatoms. The van der Waals surface area contributed by atoms with E-state index in [4.69, 9.17) is 0 Å². The number of anilines is 2. The van der Waals surface area contributed by atoms with E-state index in [2.05, 4.69) is 15.7 Å². The van der Waals surface area contributed by atoms with Crippen LogP contribution in [-0.2, 0) is 0 Å². The molecule has 6 nitrogen and oxygen atoms in total. The second kappa shape index (κ2) is 8.67. The number of rotatable bonds is 5. The lowest BCUT2D eigenvalue weighted by Gasteiger charge is -2.13. The molecule has 0 fully saturated rings. The lowest BCUT2D eigenvalue weighted by molar-refractivity contribution is 0.102. The van der Waals surface area contributed by atoms with Crippen LogP contribution in [0.5, 0.6) is 0 Å². The molecule has 4 rings (SSSR count). The van der Waals surface area contributed by atoms with E-state index in [1.165, 1.54) is 0 Å². The van der Waals surface area contributed by atoms with Gasteiger partial charge in [-0.25, -0.2) is 4.68 Å². The third kappa shape index (κ3) is 4.53. The summed E-state index contributed by atoms with van der Waals surface area (Å²) in [7, 11) is 0. The molecule has 0 saturated heterocycles. The van der Waals surface area contributed by atoms with E-state index >= 15 is 0 Å². The van der Waals surface area contributed by atoms with Crippen LogP contribution in [-0.4, -0.2) is 21.6 Å². The molecule has 0 radical (unpaired) electrons. The molecule has 0 unspecified atom stereocenters. The molecule has 0 bridgehead atoms. The Balaban J connectivity index is 1.49. The fourth-order valence-electron chi connectivity index (χ4n) is 3.33. The molecule has 154 valence electrons. The summed E-state index contributed by atoms with van der Waals surface area (Å²) < 4.78 is 1.81. The molecule has 0 aliphatic carbocycles. The Morgan fingerprint density at radius 1 is 0.742 bits per heavy atom. The Morgan fingerprint density at radius 3 is 2.03 bits per heavy atom. The van der Waals surface area contributed by atoms with Crippen LogP contribution in [0.15, 0.2) is 84.9 Å². The van der Waals surface area contributed by atoms with Crippen molar-refractivity contribution in [3.8, 4) is 5.69 Å². The van der Waals surface area contributed by atoms with Gasteiger partial charge in [-0.1, -0.05) is 30.3 Å². The largest absolute Gasteiger partial charge is 0.322 e. The number of amides is 2. The summed E-state index contributed by atoms with van der Waals surface area (Å²) in [5.74, 6) is -0.438. The van der Waals surface area contributed by atoms with Gasteiger partial charge in [0, 0.05) is 22.5 Å². The van der Waals surface area contributed by atoms with E-state index in [0.29, 0.717) is 22.5 Å². The third-order valence-electron chi connectivity index (χ3n) is 4.83. The summed E-state index contributed by atoms with van der Waals surface area (Å²) >= 11 is 0. The fourth-order valence-corrected chi connectivity index (χ4v) is 3.33. The summed E-state index contributed by atoms with van der Waals surface area (Å²) in [5.41, 5.74) is 5.04. The minimum atomic E-state index is -0.241. The van der Waals surface area contributed by atoms with Crippen LogP contribution in [0.2, 0.25) is 0 Å². The molecule has 0 aliphatic heterocycles. The maximum absolute atomic E-state index is 12.8. The average molecular weight is 410 g/mol. The number of aromatic nitrogens is 2. The topological polar surface area (TPSA) is 76.0 Å². The first-order chi connectivity index (χ1) is 15.0. The van der Waals surface area contributed by atoms with Crippen LogP contribution >= 0.6 is 0 Å². The van der Waals surface area contributed by atoms with Gasteiger partial charge in [0.25, 0.3) is 11.8 Å². The third-order valence-corrected chi connectivity index (χ3v) is 4.83. The van der Waals surface area contributed by atoms with Gasteiger partial charge in [0.05, 0.1) is 17.1 Å². The molecule has 4 aromatic rings. The first kappa shape index (κ1) is 20.1. The van der Waals surface area contributed by atoms with Crippen molar-refractivity contribution in [3.63, 3.8) is 0 Å². The van der Waals surface area contributed by atoms with E-state index in [1.807, 2.05) is 67.1 Å². The van der Waals surface area contributed by atoms with Gasteiger partial charge in [0.2, 0.25) is 0 Å². The highest BCUT2D eigenvalue weighted by molar-refractivity contribution is 6.06. The zero-order valence-electron chi connectivity index (χ0n) is 17.3. The van der Waals surface area contributed by atoms with Crippen molar-refractivity contribution in [2.75, 3.05) is 10.6 Å². The fraction of sp³-hybridized carbons (Fsp3) is 0.0800. The molecule has 0 aliphatic rings. The summed E-state index contributed by atoms with van der Waals surface area (Å²) in [6.07, 6.45) is 0. The van der Waals surface area contributed by atoms with E-state index in [9.17, 15) is 9.59 Å². The van der Waals surface area contributed by atoms with Crippen molar-refractivity contribution in [2.45, 2.75) is 13.8 Å². The first-order valence-electron chi connectivity index (χ1n) is 9.92. The van der Waals surface area contributed by atoms with Gasteiger partial charge in [0.1, 0.15) is 0 Å². The van der Waals surface area contributed by atoms with Gasteiger partial charge >= 0.3 is 0 Å². The average Bonchev–Trinajstić information content (AvgIpc) is 3.13. The van der Waals surface area contributed by atoms with Crippen molar-refractivity contribution in [2.24, 2.45) is 0 Å². The second-order valence-electron chi connectivity index (χ2n) is 7.21. The molecule has 2 N–H and O–H groups in total. The van der Waals surface area contributed by atoms with Gasteiger partial charge < -0.3 is 10.6 Å². The van der Waals surface area contributed by atoms with Crippen LogP contribution in [0, 0.1) is 13.8 Å². The predicted molar refractivity (Wildman–Crippen MR) is 122 cm³/mol. The Morgan fingerprint density at radius 2 is 1.35 bits per heavy atom. The number of carbonyl (C=O) groups excluding carboxylic acids is 2. The van der Waals surface area contributed by atoms with Crippen LogP contribution in [0.25, 0.3) is 5.69 Å². The number of aryl methyl sites for hydroxylation is 2. The van der Waals surface area contributed by atoms with Gasteiger partial charge in [-0.3, -0.25) is 9.59 Å². The smallest absolute Gasteiger partial charge is 0.255 e. The van der Waals surface area contributed by atoms with Crippen LogP contribution in [0.1, 0.15) is 32.1 Å². The molecule has 0 spiro atoms. The maximum atomic E-state index is 12.8. The van der Waals surface area contributed by atoms with Crippen molar-refractivity contribution < 1.29 is 9.59 Å². The van der Waals surface area contributed by atoms with Gasteiger partial charge in [-0.15, -0.1) is 0 Å².